The summed E-state index contributed by atoms with van der Waals surface area (Å²) in [6.07, 6.45) is 2.31. The van der Waals surface area contributed by atoms with E-state index in [2.05, 4.69) is 35.8 Å². The molecule has 116 valence electrons. The molecule has 1 aliphatic rings. The topological polar surface area (TPSA) is 95.1 Å². The molecule has 1 saturated heterocycles. The smallest absolute Gasteiger partial charge is 0.239 e. The number of carbonyl (C=O) groups excluding carboxylic acids is 1. The zero-order valence-corrected chi connectivity index (χ0v) is 12.8. The van der Waals surface area contributed by atoms with Gasteiger partial charge in [0.2, 0.25) is 23.8 Å². The van der Waals surface area contributed by atoms with Gasteiger partial charge in [0.15, 0.2) is 0 Å². The monoisotopic (exact) mass is 293 g/mol. The maximum Gasteiger partial charge on any atom is 0.239 e. The molecule has 2 heterocycles. The first-order valence-electron chi connectivity index (χ1n) is 7.30. The average molecular weight is 293 g/mol. The highest BCUT2D eigenvalue weighted by Gasteiger charge is 2.17. The van der Waals surface area contributed by atoms with Crippen molar-refractivity contribution in [3.8, 4) is 0 Å². The highest BCUT2D eigenvalue weighted by atomic mass is 16.1. The standard InChI is InChI=1S/C13H23N7O/c1-9(2)16-10(21)8-15-12-17-11(14-3)18-13(19-12)20-6-4-5-7-20/h9H,4-8H2,1-3H3,(H,16,21)(H2,14,15,17,18,19). The SMILES string of the molecule is CNc1nc(NCC(=O)NC(C)C)nc(N2CCCC2)n1. The zero-order chi connectivity index (χ0) is 15.2. The van der Waals surface area contributed by atoms with Crippen LogP contribution in [0.4, 0.5) is 17.8 Å². The molecule has 0 atom stereocenters. The number of hydrogen-bond donors (Lipinski definition) is 3. The van der Waals surface area contributed by atoms with Gasteiger partial charge in [-0.1, -0.05) is 0 Å². The second-order valence-corrected chi connectivity index (χ2v) is 5.30. The second kappa shape index (κ2) is 7.05. The first-order valence-corrected chi connectivity index (χ1v) is 7.30. The van der Waals surface area contributed by atoms with Crippen molar-refractivity contribution in [3.63, 3.8) is 0 Å². The molecule has 0 aromatic carbocycles. The molecule has 0 bridgehead atoms. The lowest BCUT2D eigenvalue weighted by atomic mass is 10.4. The fraction of sp³-hybridized carbons (Fsp3) is 0.692. The molecule has 2 rings (SSSR count). The molecule has 8 heteroatoms. The predicted octanol–water partition coefficient (Wildman–Crippen LogP) is 0.450. The first-order chi connectivity index (χ1) is 10.1. The van der Waals surface area contributed by atoms with Crippen molar-refractivity contribution in [2.45, 2.75) is 32.7 Å². The highest BCUT2D eigenvalue weighted by Crippen LogP contribution is 2.18. The molecular formula is C13H23N7O. The van der Waals surface area contributed by atoms with Crippen LogP contribution in [0.15, 0.2) is 0 Å². The van der Waals surface area contributed by atoms with Crippen LogP contribution in [0.25, 0.3) is 0 Å². The van der Waals surface area contributed by atoms with Crippen molar-refractivity contribution in [1.82, 2.24) is 20.3 Å². The summed E-state index contributed by atoms with van der Waals surface area (Å²) in [6, 6.07) is 0.116. The van der Waals surface area contributed by atoms with Gasteiger partial charge in [0.1, 0.15) is 0 Å². The Hall–Kier alpha value is -2.12. The molecule has 0 radical (unpaired) electrons. The first kappa shape index (κ1) is 15.3. The molecule has 0 unspecified atom stereocenters. The minimum absolute atomic E-state index is 0.0841. The van der Waals surface area contributed by atoms with Crippen molar-refractivity contribution in [2.75, 3.05) is 42.2 Å². The Labute approximate surface area is 124 Å². The normalized spacial score (nSPS) is 14.4. The Morgan fingerprint density at radius 2 is 1.86 bits per heavy atom. The van der Waals surface area contributed by atoms with Crippen LogP contribution >= 0.6 is 0 Å². The van der Waals surface area contributed by atoms with Crippen LogP contribution in [0.2, 0.25) is 0 Å². The number of carbonyl (C=O) groups is 1. The maximum absolute atomic E-state index is 11.7. The Morgan fingerprint density at radius 1 is 1.19 bits per heavy atom. The third kappa shape index (κ3) is 4.44. The summed E-state index contributed by atoms with van der Waals surface area (Å²) in [7, 11) is 1.76. The largest absolute Gasteiger partial charge is 0.357 e. The van der Waals surface area contributed by atoms with Gasteiger partial charge in [-0.3, -0.25) is 4.79 Å². The van der Waals surface area contributed by atoms with Crippen LogP contribution in [0.3, 0.4) is 0 Å². The predicted molar refractivity (Wildman–Crippen MR) is 82.6 cm³/mol. The van der Waals surface area contributed by atoms with E-state index in [0.29, 0.717) is 17.8 Å². The quantitative estimate of drug-likeness (QED) is 0.701. The van der Waals surface area contributed by atoms with E-state index in [1.807, 2.05) is 13.8 Å². The van der Waals surface area contributed by atoms with Gasteiger partial charge in [0.05, 0.1) is 6.54 Å². The molecule has 0 aliphatic carbocycles. The van der Waals surface area contributed by atoms with Crippen molar-refractivity contribution in [2.24, 2.45) is 0 Å². The molecule has 3 N–H and O–H groups in total. The van der Waals surface area contributed by atoms with Crippen LogP contribution in [0.1, 0.15) is 26.7 Å². The molecule has 1 fully saturated rings. The molecule has 1 aliphatic heterocycles. The van der Waals surface area contributed by atoms with Crippen LogP contribution < -0.4 is 20.9 Å². The van der Waals surface area contributed by atoms with Gasteiger partial charge in [-0.15, -0.1) is 0 Å². The molecule has 1 aromatic rings. The molecule has 1 aromatic heterocycles. The van der Waals surface area contributed by atoms with Gasteiger partial charge in [0.25, 0.3) is 0 Å². The molecular weight excluding hydrogens is 270 g/mol. The highest BCUT2D eigenvalue weighted by molar-refractivity contribution is 5.80. The van der Waals surface area contributed by atoms with Crippen molar-refractivity contribution in [3.05, 3.63) is 0 Å². The number of aromatic nitrogens is 3. The molecule has 8 nitrogen and oxygen atoms in total. The summed E-state index contributed by atoms with van der Waals surface area (Å²) in [5.41, 5.74) is 0. The summed E-state index contributed by atoms with van der Waals surface area (Å²) >= 11 is 0. The maximum atomic E-state index is 11.7. The summed E-state index contributed by atoms with van der Waals surface area (Å²) in [5.74, 6) is 1.48. The Kier molecular flexibility index (Phi) is 5.13. The molecule has 0 saturated carbocycles. The van der Waals surface area contributed by atoms with Crippen molar-refractivity contribution < 1.29 is 4.79 Å². The summed E-state index contributed by atoms with van der Waals surface area (Å²) < 4.78 is 0. The lowest BCUT2D eigenvalue weighted by molar-refractivity contribution is -0.119. The van der Waals surface area contributed by atoms with Crippen LogP contribution in [-0.4, -0.2) is 53.6 Å². The van der Waals surface area contributed by atoms with E-state index in [4.69, 9.17) is 0 Å². The number of anilines is 3. The summed E-state index contributed by atoms with van der Waals surface area (Å²) in [5, 5.41) is 8.68. The molecule has 1 amide bonds. The van der Waals surface area contributed by atoms with Gasteiger partial charge in [-0.05, 0) is 26.7 Å². The van der Waals surface area contributed by atoms with Crippen LogP contribution in [0.5, 0.6) is 0 Å². The lowest BCUT2D eigenvalue weighted by Gasteiger charge is -2.16. The van der Waals surface area contributed by atoms with E-state index in [1.54, 1.807) is 7.05 Å². The van der Waals surface area contributed by atoms with Crippen molar-refractivity contribution >= 4 is 23.8 Å². The van der Waals surface area contributed by atoms with E-state index in [-0.39, 0.29) is 18.5 Å². The van der Waals surface area contributed by atoms with Crippen LogP contribution in [0, 0.1) is 0 Å². The van der Waals surface area contributed by atoms with Gasteiger partial charge >= 0.3 is 0 Å². The fourth-order valence-corrected chi connectivity index (χ4v) is 2.15. The zero-order valence-electron chi connectivity index (χ0n) is 12.8. The third-order valence-electron chi connectivity index (χ3n) is 3.09. The number of nitrogens with one attached hydrogen (secondary N) is 3. The Bertz CT molecular complexity index is 485. The van der Waals surface area contributed by atoms with Gasteiger partial charge in [-0.25, -0.2) is 0 Å². The minimum atomic E-state index is -0.0841. The third-order valence-corrected chi connectivity index (χ3v) is 3.09. The fourth-order valence-electron chi connectivity index (χ4n) is 2.15. The Balaban J connectivity index is 2.04. The number of rotatable bonds is 6. The van der Waals surface area contributed by atoms with Crippen molar-refractivity contribution in [1.29, 1.82) is 0 Å². The van der Waals surface area contributed by atoms with E-state index in [1.165, 1.54) is 0 Å². The second-order valence-electron chi connectivity index (χ2n) is 5.30. The van der Waals surface area contributed by atoms with Gasteiger partial charge in [-0.2, -0.15) is 15.0 Å². The Morgan fingerprint density at radius 3 is 2.48 bits per heavy atom. The lowest BCUT2D eigenvalue weighted by Crippen LogP contribution is -2.35. The van der Waals surface area contributed by atoms with Gasteiger partial charge < -0.3 is 20.9 Å². The minimum Gasteiger partial charge on any atom is -0.357 e. The number of nitrogens with zero attached hydrogens (tertiary/aromatic N) is 4. The molecule has 0 spiro atoms. The summed E-state index contributed by atoms with van der Waals surface area (Å²) in [4.78, 5) is 26.8. The molecule has 21 heavy (non-hydrogen) atoms. The van der Waals surface area contributed by atoms with E-state index in [0.717, 1.165) is 25.9 Å². The van der Waals surface area contributed by atoms with E-state index < -0.39 is 0 Å². The number of hydrogen-bond acceptors (Lipinski definition) is 7. The van der Waals surface area contributed by atoms with E-state index >= 15 is 0 Å². The average Bonchev–Trinajstić information content (AvgIpc) is 2.98. The van der Waals surface area contributed by atoms with Gasteiger partial charge in [0, 0.05) is 26.2 Å². The number of amides is 1. The van der Waals surface area contributed by atoms with Crippen LogP contribution in [-0.2, 0) is 4.79 Å². The van der Waals surface area contributed by atoms with E-state index in [9.17, 15) is 4.79 Å². The summed E-state index contributed by atoms with van der Waals surface area (Å²) in [6.45, 7) is 5.91.